The van der Waals surface area contributed by atoms with Crippen LogP contribution in [0.5, 0.6) is 0 Å². The Morgan fingerprint density at radius 2 is 1.71 bits per heavy atom. The molecule has 0 saturated carbocycles. The molecule has 1 N–H and O–H groups in total. The van der Waals surface area contributed by atoms with Crippen molar-refractivity contribution < 1.29 is 17.6 Å². The Balaban J connectivity index is 1.75. The van der Waals surface area contributed by atoms with E-state index in [2.05, 4.69) is 5.32 Å². The first kappa shape index (κ1) is 18.5. The van der Waals surface area contributed by atoms with E-state index in [1.807, 2.05) is 0 Å². The molecule has 3 aromatic rings. The summed E-state index contributed by atoms with van der Waals surface area (Å²) < 4.78 is 41.1. The van der Waals surface area contributed by atoms with Crippen molar-refractivity contribution >= 4 is 38.9 Å². The molecule has 5 nitrogen and oxygen atoms in total. The first-order chi connectivity index (χ1) is 13.4. The monoisotopic (exact) mass is 416 g/mol. The molecule has 0 spiro atoms. The van der Waals surface area contributed by atoms with Gasteiger partial charge in [0.2, 0.25) is 5.91 Å². The second kappa shape index (κ2) is 6.92. The highest BCUT2D eigenvalue weighted by Crippen LogP contribution is 2.43. The van der Waals surface area contributed by atoms with Gasteiger partial charge >= 0.3 is 0 Å². The van der Waals surface area contributed by atoms with Gasteiger partial charge in [0.15, 0.2) is 0 Å². The lowest BCUT2D eigenvalue weighted by Gasteiger charge is -2.31. The van der Waals surface area contributed by atoms with Crippen LogP contribution >= 0.6 is 11.6 Å². The molecule has 1 heterocycles. The van der Waals surface area contributed by atoms with Gasteiger partial charge < -0.3 is 5.32 Å². The van der Waals surface area contributed by atoms with Crippen LogP contribution in [0.3, 0.4) is 0 Å². The summed E-state index contributed by atoms with van der Waals surface area (Å²) in [6.45, 7) is -0.472. The Labute approximate surface area is 166 Å². The predicted molar refractivity (Wildman–Crippen MR) is 106 cm³/mol. The summed E-state index contributed by atoms with van der Waals surface area (Å²) >= 11 is 6.04. The van der Waals surface area contributed by atoms with E-state index in [1.54, 1.807) is 42.5 Å². The number of halogens is 2. The van der Waals surface area contributed by atoms with Gasteiger partial charge in [0, 0.05) is 11.1 Å². The van der Waals surface area contributed by atoms with E-state index in [1.165, 1.54) is 24.3 Å². The molecule has 0 fully saturated rings. The summed E-state index contributed by atoms with van der Waals surface area (Å²) in [5.41, 5.74) is 1.44. The molecule has 0 aliphatic carbocycles. The average Bonchev–Trinajstić information content (AvgIpc) is 2.67. The second-order valence-corrected chi connectivity index (χ2v) is 8.44. The van der Waals surface area contributed by atoms with Crippen LogP contribution in [0.2, 0.25) is 5.02 Å². The maximum atomic E-state index is 13.8. The number of fused-ring (bicyclic) bond motifs is 3. The second-order valence-electron chi connectivity index (χ2n) is 6.20. The van der Waals surface area contributed by atoms with Crippen molar-refractivity contribution in [2.24, 2.45) is 0 Å². The molecular weight excluding hydrogens is 403 g/mol. The third-order valence-electron chi connectivity index (χ3n) is 4.41. The van der Waals surface area contributed by atoms with Crippen molar-refractivity contribution in [3.63, 3.8) is 0 Å². The van der Waals surface area contributed by atoms with Gasteiger partial charge in [-0.05, 0) is 36.4 Å². The van der Waals surface area contributed by atoms with Crippen LogP contribution in [-0.2, 0) is 14.8 Å². The summed E-state index contributed by atoms with van der Waals surface area (Å²) in [4.78, 5) is 12.6. The van der Waals surface area contributed by atoms with Gasteiger partial charge in [0.1, 0.15) is 12.4 Å². The Morgan fingerprint density at radius 3 is 2.50 bits per heavy atom. The van der Waals surface area contributed by atoms with E-state index in [4.69, 9.17) is 11.6 Å². The molecule has 1 amide bonds. The third-order valence-corrected chi connectivity index (χ3v) is 6.56. The number of carbonyl (C=O) groups is 1. The zero-order valence-electron chi connectivity index (χ0n) is 14.4. The van der Waals surface area contributed by atoms with Gasteiger partial charge in [-0.25, -0.2) is 12.8 Å². The van der Waals surface area contributed by atoms with Gasteiger partial charge in [-0.15, -0.1) is 0 Å². The number of carbonyl (C=O) groups excluding carboxylic acids is 1. The Kier molecular flexibility index (Phi) is 4.56. The van der Waals surface area contributed by atoms with E-state index >= 15 is 0 Å². The number of nitrogens with one attached hydrogen (secondary N) is 1. The summed E-state index contributed by atoms with van der Waals surface area (Å²) in [5, 5.41) is 2.95. The van der Waals surface area contributed by atoms with Crippen LogP contribution in [0.25, 0.3) is 11.1 Å². The number of nitrogens with zero attached hydrogens (tertiary/aromatic N) is 1. The van der Waals surface area contributed by atoms with Crippen molar-refractivity contribution in [3.05, 3.63) is 77.6 Å². The zero-order valence-corrected chi connectivity index (χ0v) is 16.0. The van der Waals surface area contributed by atoms with Gasteiger partial charge in [-0.3, -0.25) is 9.10 Å². The fraction of sp³-hybridized carbons (Fsp3) is 0.0500. The standard InChI is InChI=1S/C20H14ClFN2O3S/c21-16-6-2-3-7-17(16)23-20(25)12-24-18-10-9-13(22)11-15(18)14-5-1-4-8-19(14)28(24,26)27/h1-11H,12H2,(H,23,25). The smallest absolute Gasteiger partial charge is 0.265 e. The predicted octanol–water partition coefficient (Wildman–Crippen LogP) is 4.29. The summed E-state index contributed by atoms with van der Waals surface area (Å²) in [6.07, 6.45) is 0. The molecule has 28 heavy (non-hydrogen) atoms. The maximum absolute atomic E-state index is 13.8. The van der Waals surface area contributed by atoms with Gasteiger partial charge in [-0.2, -0.15) is 0 Å². The van der Waals surface area contributed by atoms with Crippen molar-refractivity contribution in [3.8, 4) is 11.1 Å². The number of para-hydroxylation sites is 1. The molecule has 0 saturated heterocycles. The van der Waals surface area contributed by atoms with Crippen molar-refractivity contribution in [2.75, 3.05) is 16.2 Å². The summed E-state index contributed by atoms with van der Waals surface area (Å²) in [5.74, 6) is -1.06. The number of benzene rings is 3. The highest BCUT2D eigenvalue weighted by molar-refractivity contribution is 7.93. The largest absolute Gasteiger partial charge is 0.323 e. The summed E-state index contributed by atoms with van der Waals surface area (Å²) in [7, 11) is -3.99. The van der Waals surface area contributed by atoms with Crippen molar-refractivity contribution in [1.29, 1.82) is 0 Å². The van der Waals surface area contributed by atoms with Crippen molar-refractivity contribution in [1.82, 2.24) is 0 Å². The lowest BCUT2D eigenvalue weighted by atomic mass is 10.0. The third kappa shape index (κ3) is 3.12. The molecule has 3 aromatic carbocycles. The van der Waals surface area contributed by atoms with E-state index in [-0.39, 0.29) is 10.6 Å². The fourth-order valence-electron chi connectivity index (χ4n) is 3.16. The molecule has 0 unspecified atom stereocenters. The number of rotatable bonds is 3. The Morgan fingerprint density at radius 1 is 1.00 bits per heavy atom. The lowest BCUT2D eigenvalue weighted by Crippen LogP contribution is -2.40. The number of sulfonamides is 1. The minimum atomic E-state index is -3.99. The Hall–Kier alpha value is -2.90. The SMILES string of the molecule is O=C(CN1c2ccc(F)cc2-c2ccccc2S1(=O)=O)Nc1ccccc1Cl. The normalized spacial score (nSPS) is 14.1. The Bertz CT molecular complexity index is 1200. The van der Waals surface area contributed by atoms with Crippen LogP contribution < -0.4 is 9.62 Å². The van der Waals surface area contributed by atoms with Gasteiger partial charge in [0.05, 0.1) is 21.3 Å². The van der Waals surface area contributed by atoms with Gasteiger partial charge in [-0.1, -0.05) is 41.9 Å². The molecule has 0 aromatic heterocycles. The van der Waals surface area contributed by atoms with E-state index in [0.29, 0.717) is 21.8 Å². The fourth-order valence-corrected chi connectivity index (χ4v) is 4.99. The molecule has 8 heteroatoms. The average molecular weight is 417 g/mol. The van der Waals surface area contributed by atoms with Crippen molar-refractivity contribution in [2.45, 2.75) is 4.90 Å². The molecule has 1 aliphatic heterocycles. The molecule has 0 radical (unpaired) electrons. The minimum absolute atomic E-state index is 0.0265. The van der Waals surface area contributed by atoms with E-state index < -0.39 is 28.3 Å². The highest BCUT2D eigenvalue weighted by atomic mass is 35.5. The molecule has 4 rings (SSSR count). The summed E-state index contributed by atoms with van der Waals surface area (Å²) in [6, 6.07) is 16.8. The van der Waals surface area contributed by atoms with Crippen LogP contribution in [0.4, 0.5) is 15.8 Å². The number of hydrogen-bond donors (Lipinski definition) is 1. The zero-order chi connectivity index (χ0) is 19.9. The number of hydrogen-bond acceptors (Lipinski definition) is 3. The first-order valence-electron chi connectivity index (χ1n) is 8.34. The number of amides is 1. The topological polar surface area (TPSA) is 66.5 Å². The molecule has 0 atom stereocenters. The van der Waals surface area contributed by atoms with Gasteiger partial charge in [0.25, 0.3) is 10.0 Å². The maximum Gasteiger partial charge on any atom is 0.265 e. The molecule has 1 aliphatic rings. The van der Waals surface area contributed by atoms with Crippen LogP contribution in [0.1, 0.15) is 0 Å². The van der Waals surface area contributed by atoms with Crippen LogP contribution in [0.15, 0.2) is 71.6 Å². The van der Waals surface area contributed by atoms with E-state index in [9.17, 15) is 17.6 Å². The molecule has 0 bridgehead atoms. The number of anilines is 2. The highest BCUT2D eigenvalue weighted by Gasteiger charge is 2.36. The lowest BCUT2D eigenvalue weighted by molar-refractivity contribution is -0.114. The first-order valence-corrected chi connectivity index (χ1v) is 10.2. The minimum Gasteiger partial charge on any atom is -0.323 e. The quantitative estimate of drug-likeness (QED) is 0.692. The molecule has 142 valence electrons. The van der Waals surface area contributed by atoms with E-state index in [0.717, 1.165) is 4.31 Å². The molecular formula is C20H14ClFN2O3S. The van der Waals surface area contributed by atoms with Crippen LogP contribution in [-0.4, -0.2) is 20.9 Å². The van der Waals surface area contributed by atoms with Crippen LogP contribution in [0, 0.1) is 5.82 Å².